The molecule has 1 heterocycles. The lowest BCUT2D eigenvalue weighted by atomic mass is 9.91. The van der Waals surface area contributed by atoms with E-state index in [2.05, 4.69) is 216 Å². The van der Waals surface area contributed by atoms with Gasteiger partial charge in [0, 0.05) is 39.2 Å². The SMILES string of the molecule is C1=Cc2c(c3c(-c4cccc(N(c5ccccc5)c5ccc(-c6cccc(-c7ccccc7)c6)cc5)c4)cc4ccccc4c3n2-c2ccccc2)CC1. The van der Waals surface area contributed by atoms with E-state index in [0.717, 1.165) is 29.9 Å². The van der Waals surface area contributed by atoms with Crippen molar-refractivity contribution in [2.75, 3.05) is 4.90 Å². The number of aryl methyl sites for hydroxylation is 1. The van der Waals surface area contributed by atoms with Crippen molar-refractivity contribution in [1.82, 2.24) is 4.57 Å². The molecule has 0 saturated carbocycles. The molecule has 0 unspecified atom stereocenters. The average Bonchev–Trinajstić information content (AvgIpc) is 3.61. The van der Waals surface area contributed by atoms with E-state index in [0.29, 0.717) is 0 Å². The highest BCUT2D eigenvalue weighted by molar-refractivity contribution is 6.16. The molecule has 0 fully saturated rings. The van der Waals surface area contributed by atoms with Crippen LogP contribution in [0.3, 0.4) is 0 Å². The second-order valence-corrected chi connectivity index (χ2v) is 14.1. The van der Waals surface area contributed by atoms with Crippen molar-refractivity contribution in [3.63, 3.8) is 0 Å². The molecule has 2 heteroatoms. The first-order valence-corrected chi connectivity index (χ1v) is 18.8. The van der Waals surface area contributed by atoms with E-state index in [-0.39, 0.29) is 0 Å². The van der Waals surface area contributed by atoms with Crippen LogP contribution < -0.4 is 4.90 Å². The molecule has 0 amide bonds. The molecule has 54 heavy (non-hydrogen) atoms. The van der Waals surface area contributed by atoms with Crippen molar-refractivity contribution >= 4 is 44.8 Å². The lowest BCUT2D eigenvalue weighted by Crippen LogP contribution is -2.09. The van der Waals surface area contributed by atoms with Crippen LogP contribution in [-0.4, -0.2) is 4.57 Å². The van der Waals surface area contributed by atoms with Crippen LogP contribution in [-0.2, 0) is 6.42 Å². The zero-order valence-corrected chi connectivity index (χ0v) is 29.9. The largest absolute Gasteiger partial charge is 0.310 e. The summed E-state index contributed by atoms with van der Waals surface area (Å²) < 4.78 is 2.49. The van der Waals surface area contributed by atoms with Gasteiger partial charge in [0.1, 0.15) is 0 Å². The molecule has 0 N–H and O–H groups in total. The van der Waals surface area contributed by atoms with E-state index in [1.54, 1.807) is 0 Å². The number of allylic oxidation sites excluding steroid dienone is 1. The topological polar surface area (TPSA) is 8.17 Å². The molecule has 0 radical (unpaired) electrons. The molecule has 0 spiro atoms. The summed E-state index contributed by atoms with van der Waals surface area (Å²) in [4.78, 5) is 2.37. The molecule has 2 nitrogen and oxygen atoms in total. The van der Waals surface area contributed by atoms with Gasteiger partial charge in [-0.3, -0.25) is 0 Å². The third kappa shape index (κ3) is 5.60. The van der Waals surface area contributed by atoms with Crippen LogP contribution in [0.15, 0.2) is 200 Å². The molecule has 0 atom stereocenters. The van der Waals surface area contributed by atoms with Crippen LogP contribution in [0.5, 0.6) is 0 Å². The summed E-state index contributed by atoms with van der Waals surface area (Å²) in [5, 5.41) is 3.87. The fraction of sp³-hybridized carbons (Fsp3) is 0.0385. The summed E-state index contributed by atoms with van der Waals surface area (Å²) in [5.41, 5.74) is 15.9. The monoisotopic (exact) mass is 690 g/mol. The lowest BCUT2D eigenvalue weighted by molar-refractivity contribution is 0.968. The minimum atomic E-state index is 1.02. The molecule has 10 rings (SSSR count). The molecule has 9 aromatic rings. The van der Waals surface area contributed by atoms with Gasteiger partial charge < -0.3 is 9.47 Å². The average molecular weight is 691 g/mol. The van der Waals surface area contributed by atoms with Gasteiger partial charge in [0.05, 0.1) is 5.52 Å². The van der Waals surface area contributed by atoms with E-state index in [1.807, 2.05) is 0 Å². The molecule has 0 aliphatic heterocycles. The first-order chi connectivity index (χ1) is 26.8. The van der Waals surface area contributed by atoms with E-state index >= 15 is 0 Å². The Morgan fingerprint density at radius 3 is 1.81 bits per heavy atom. The van der Waals surface area contributed by atoms with Crippen molar-refractivity contribution in [2.24, 2.45) is 0 Å². The second-order valence-electron chi connectivity index (χ2n) is 14.1. The van der Waals surface area contributed by atoms with Crippen LogP contribution in [0.2, 0.25) is 0 Å². The normalized spacial score (nSPS) is 12.2. The third-order valence-electron chi connectivity index (χ3n) is 10.8. The summed E-state index contributed by atoms with van der Waals surface area (Å²) in [6, 6.07) is 70.3. The van der Waals surface area contributed by atoms with Gasteiger partial charge in [-0.1, -0.05) is 140 Å². The molecular weight excluding hydrogens is 653 g/mol. The molecule has 256 valence electrons. The number of anilines is 3. The van der Waals surface area contributed by atoms with Gasteiger partial charge >= 0.3 is 0 Å². The van der Waals surface area contributed by atoms with E-state index < -0.39 is 0 Å². The molecule has 1 aliphatic rings. The van der Waals surface area contributed by atoms with Crippen molar-refractivity contribution in [3.8, 4) is 39.1 Å². The maximum Gasteiger partial charge on any atom is 0.0622 e. The summed E-state index contributed by atoms with van der Waals surface area (Å²) in [6.07, 6.45) is 6.72. The van der Waals surface area contributed by atoms with Gasteiger partial charge in [0.25, 0.3) is 0 Å². The zero-order valence-electron chi connectivity index (χ0n) is 29.9. The van der Waals surface area contributed by atoms with Gasteiger partial charge in [0.2, 0.25) is 0 Å². The fourth-order valence-electron chi connectivity index (χ4n) is 8.32. The highest BCUT2D eigenvalue weighted by atomic mass is 15.1. The third-order valence-corrected chi connectivity index (χ3v) is 10.8. The van der Waals surface area contributed by atoms with Gasteiger partial charge in [-0.25, -0.2) is 0 Å². The minimum Gasteiger partial charge on any atom is -0.310 e. The van der Waals surface area contributed by atoms with Crippen LogP contribution >= 0.6 is 0 Å². The molecular formula is C52H38N2. The highest BCUT2D eigenvalue weighted by Gasteiger charge is 2.24. The van der Waals surface area contributed by atoms with Gasteiger partial charge in [0.15, 0.2) is 0 Å². The Morgan fingerprint density at radius 1 is 0.444 bits per heavy atom. The molecule has 0 bridgehead atoms. The Labute approximate surface area is 316 Å². The number of aromatic nitrogens is 1. The van der Waals surface area contributed by atoms with Crippen LogP contribution in [0, 0.1) is 0 Å². The zero-order chi connectivity index (χ0) is 35.8. The predicted octanol–water partition coefficient (Wildman–Crippen LogP) is 14.2. The smallest absolute Gasteiger partial charge is 0.0622 e. The summed E-state index contributed by atoms with van der Waals surface area (Å²) in [5.74, 6) is 0. The number of hydrogen-bond donors (Lipinski definition) is 0. The standard InChI is InChI=1S/C52H38N2/c1-4-16-37(17-5-1)39-19-14-20-40(34-39)38-30-32-45(33-31-38)53(43-22-6-2-7-23-43)46-26-15-21-41(35-46)49-36-42-18-10-11-27-47(42)52-51(49)48-28-12-13-29-50(48)54(52)44-24-8-3-9-25-44/h1-11,13-27,29-36H,12,28H2. The summed E-state index contributed by atoms with van der Waals surface area (Å²) in [6.45, 7) is 0. The fourth-order valence-corrected chi connectivity index (χ4v) is 8.32. The van der Waals surface area contributed by atoms with Crippen LogP contribution in [0.1, 0.15) is 17.7 Å². The Morgan fingerprint density at radius 2 is 1.04 bits per heavy atom. The van der Waals surface area contributed by atoms with E-state index in [9.17, 15) is 0 Å². The second kappa shape index (κ2) is 13.6. The Balaban J connectivity index is 1.12. The molecule has 1 aliphatic carbocycles. The van der Waals surface area contributed by atoms with Crippen molar-refractivity contribution in [3.05, 3.63) is 211 Å². The first kappa shape index (κ1) is 31.8. The number of para-hydroxylation sites is 2. The Kier molecular flexibility index (Phi) is 8.00. The number of benzene rings is 8. The summed E-state index contributed by atoms with van der Waals surface area (Å²) >= 11 is 0. The van der Waals surface area contributed by atoms with E-state index in [4.69, 9.17) is 0 Å². The molecule has 8 aromatic carbocycles. The first-order valence-electron chi connectivity index (χ1n) is 18.8. The van der Waals surface area contributed by atoms with Crippen molar-refractivity contribution in [1.29, 1.82) is 0 Å². The van der Waals surface area contributed by atoms with Gasteiger partial charge in [-0.15, -0.1) is 0 Å². The summed E-state index contributed by atoms with van der Waals surface area (Å²) in [7, 11) is 0. The van der Waals surface area contributed by atoms with Gasteiger partial charge in [-0.05, 0) is 124 Å². The molecule has 0 saturated heterocycles. The maximum absolute atomic E-state index is 2.49. The number of hydrogen-bond acceptors (Lipinski definition) is 1. The van der Waals surface area contributed by atoms with Crippen LogP contribution in [0.25, 0.3) is 66.8 Å². The number of rotatable bonds is 7. The predicted molar refractivity (Wildman–Crippen MR) is 229 cm³/mol. The van der Waals surface area contributed by atoms with Crippen molar-refractivity contribution in [2.45, 2.75) is 12.8 Å². The lowest BCUT2D eigenvalue weighted by Gasteiger charge is -2.26. The van der Waals surface area contributed by atoms with E-state index in [1.165, 1.54) is 72.0 Å². The minimum absolute atomic E-state index is 1.02. The van der Waals surface area contributed by atoms with Crippen molar-refractivity contribution < 1.29 is 0 Å². The number of fused-ring (bicyclic) bond motifs is 5. The Bertz CT molecular complexity index is 2790. The maximum atomic E-state index is 2.49. The van der Waals surface area contributed by atoms with Gasteiger partial charge in [-0.2, -0.15) is 0 Å². The quantitative estimate of drug-likeness (QED) is 0.162. The van der Waals surface area contributed by atoms with Crippen LogP contribution in [0.4, 0.5) is 17.1 Å². The highest BCUT2D eigenvalue weighted by Crippen LogP contribution is 2.45. The Hall–Kier alpha value is -6.90. The molecule has 1 aromatic heterocycles. The number of nitrogens with zero attached hydrogens (tertiary/aromatic N) is 2.